The monoisotopic (exact) mass is 458 g/mol. The molecule has 25 heavy (non-hydrogen) atoms. The van der Waals surface area contributed by atoms with Gasteiger partial charge >= 0.3 is 11.9 Å². The van der Waals surface area contributed by atoms with Crippen LogP contribution in [0.4, 0.5) is 0 Å². The Balaban J connectivity index is 1.87. The molecule has 0 saturated heterocycles. The predicted molar refractivity (Wildman–Crippen MR) is 103 cm³/mol. The fraction of sp³-hybridized carbons (Fsp3) is 0.474. The van der Waals surface area contributed by atoms with Crippen LogP contribution in [-0.4, -0.2) is 25.3 Å². The number of rotatable bonds is 6. The molecule has 0 heterocycles. The summed E-state index contributed by atoms with van der Waals surface area (Å²) >= 11 is 1.56. The standard InChI is InChI=1S/C19H23IO5/c1-13(23-2)24-19(22)17-10-8-16(9-11-17)15-6-3-14(4-7-15)5-12-18(21)25-20/h3-7,12-13,16-17H,8-11H2,1-2H3/b12-5+. The number of carbonyl (C=O) groups excluding carboxylic acids is 2. The van der Waals surface area contributed by atoms with Gasteiger partial charge < -0.3 is 12.5 Å². The van der Waals surface area contributed by atoms with Crippen molar-refractivity contribution in [1.29, 1.82) is 0 Å². The number of benzene rings is 1. The van der Waals surface area contributed by atoms with Crippen molar-refractivity contribution in [3.8, 4) is 0 Å². The molecule has 1 fully saturated rings. The smallest absolute Gasteiger partial charge is 0.340 e. The van der Waals surface area contributed by atoms with Crippen molar-refractivity contribution in [2.75, 3.05) is 7.11 Å². The summed E-state index contributed by atoms with van der Waals surface area (Å²) in [6, 6.07) is 8.16. The maximum Gasteiger partial charge on any atom is 0.340 e. The van der Waals surface area contributed by atoms with Gasteiger partial charge in [0, 0.05) is 13.2 Å². The minimum absolute atomic E-state index is 0.0321. The number of esters is 1. The van der Waals surface area contributed by atoms with E-state index in [4.69, 9.17) is 9.47 Å². The van der Waals surface area contributed by atoms with E-state index in [2.05, 4.69) is 15.2 Å². The summed E-state index contributed by atoms with van der Waals surface area (Å²) in [4.78, 5) is 23.2. The van der Waals surface area contributed by atoms with Crippen molar-refractivity contribution >= 4 is 41.0 Å². The van der Waals surface area contributed by atoms with Crippen molar-refractivity contribution in [1.82, 2.24) is 0 Å². The van der Waals surface area contributed by atoms with Gasteiger partial charge in [-0.15, -0.1) is 0 Å². The summed E-state index contributed by atoms with van der Waals surface area (Å²) in [6.07, 6.45) is 6.25. The maximum atomic E-state index is 12.1. The van der Waals surface area contributed by atoms with Crippen LogP contribution in [0.5, 0.6) is 0 Å². The SMILES string of the molecule is COC(C)OC(=O)C1CCC(c2ccc(/C=C/C(=O)OI)cc2)CC1. The van der Waals surface area contributed by atoms with Gasteiger partial charge in [0.15, 0.2) is 29.3 Å². The maximum absolute atomic E-state index is 12.1. The van der Waals surface area contributed by atoms with Gasteiger partial charge in [-0.2, -0.15) is 0 Å². The Morgan fingerprint density at radius 2 is 1.80 bits per heavy atom. The lowest BCUT2D eigenvalue weighted by Crippen LogP contribution is -2.26. The first-order chi connectivity index (χ1) is 12.0. The Morgan fingerprint density at radius 3 is 2.36 bits per heavy atom. The lowest BCUT2D eigenvalue weighted by Gasteiger charge is -2.28. The van der Waals surface area contributed by atoms with E-state index >= 15 is 0 Å². The van der Waals surface area contributed by atoms with Gasteiger partial charge in [-0.3, -0.25) is 4.79 Å². The molecule has 1 saturated carbocycles. The first-order valence-electron chi connectivity index (χ1n) is 8.37. The molecule has 2 rings (SSSR count). The van der Waals surface area contributed by atoms with Crippen LogP contribution >= 0.6 is 23.0 Å². The van der Waals surface area contributed by atoms with E-state index in [1.165, 1.54) is 18.7 Å². The van der Waals surface area contributed by atoms with E-state index in [0.29, 0.717) is 5.92 Å². The molecule has 1 unspecified atom stereocenters. The third-order valence-corrected chi connectivity index (χ3v) is 5.00. The first-order valence-corrected chi connectivity index (χ1v) is 9.25. The molecule has 0 aromatic heterocycles. The quantitative estimate of drug-likeness (QED) is 0.274. The van der Waals surface area contributed by atoms with E-state index in [1.54, 1.807) is 36.0 Å². The second-order valence-corrected chi connectivity index (χ2v) is 6.63. The van der Waals surface area contributed by atoms with Gasteiger partial charge in [0.1, 0.15) is 0 Å². The van der Waals surface area contributed by atoms with Crippen LogP contribution in [0.1, 0.15) is 49.7 Å². The second-order valence-electron chi connectivity index (χ2n) is 6.18. The number of methoxy groups -OCH3 is 1. The molecule has 6 heteroatoms. The molecular formula is C19H23IO5. The highest BCUT2D eigenvalue weighted by atomic mass is 127. The van der Waals surface area contributed by atoms with Gasteiger partial charge in [-0.25, -0.2) is 4.79 Å². The summed E-state index contributed by atoms with van der Waals surface area (Å²) < 4.78 is 14.8. The zero-order valence-corrected chi connectivity index (χ0v) is 16.6. The predicted octanol–water partition coefficient (Wildman–Crippen LogP) is 4.40. The molecule has 1 atom stereocenters. The van der Waals surface area contributed by atoms with Crippen LogP contribution in [-0.2, 0) is 22.1 Å². The molecule has 1 aromatic carbocycles. The van der Waals surface area contributed by atoms with Gasteiger partial charge in [0.05, 0.1) is 5.92 Å². The van der Waals surface area contributed by atoms with E-state index in [0.717, 1.165) is 31.2 Å². The Hall–Kier alpha value is -1.41. The zero-order chi connectivity index (χ0) is 18.2. The molecule has 1 aromatic rings. The Morgan fingerprint density at radius 1 is 1.16 bits per heavy atom. The van der Waals surface area contributed by atoms with Crippen LogP contribution in [0.3, 0.4) is 0 Å². The summed E-state index contributed by atoms with van der Waals surface area (Å²) in [5.74, 6) is -0.107. The average Bonchev–Trinajstić information content (AvgIpc) is 2.66. The summed E-state index contributed by atoms with van der Waals surface area (Å²) in [5.41, 5.74) is 2.22. The highest BCUT2D eigenvalue weighted by molar-refractivity contribution is 14.1. The molecule has 5 nitrogen and oxygen atoms in total. The van der Waals surface area contributed by atoms with Crippen LogP contribution in [0.2, 0.25) is 0 Å². The molecule has 0 bridgehead atoms. The van der Waals surface area contributed by atoms with Gasteiger partial charge in [0.25, 0.3) is 0 Å². The van der Waals surface area contributed by atoms with Crippen LogP contribution in [0.15, 0.2) is 30.3 Å². The van der Waals surface area contributed by atoms with Crippen LogP contribution in [0, 0.1) is 5.92 Å². The largest absolute Gasteiger partial charge is 0.436 e. The van der Waals surface area contributed by atoms with Crippen molar-refractivity contribution in [2.24, 2.45) is 5.92 Å². The van der Waals surface area contributed by atoms with Crippen molar-refractivity contribution in [3.05, 3.63) is 41.5 Å². The van der Waals surface area contributed by atoms with Gasteiger partial charge in [0.2, 0.25) is 0 Å². The van der Waals surface area contributed by atoms with E-state index in [-0.39, 0.29) is 17.9 Å². The number of ether oxygens (including phenoxy) is 2. The Bertz CT molecular complexity index is 603. The highest BCUT2D eigenvalue weighted by Crippen LogP contribution is 2.36. The summed E-state index contributed by atoms with van der Waals surface area (Å²) in [7, 11) is 1.53. The van der Waals surface area contributed by atoms with Crippen molar-refractivity contribution < 1.29 is 22.1 Å². The molecule has 0 N–H and O–H groups in total. The molecule has 0 aliphatic heterocycles. The fourth-order valence-corrected chi connectivity index (χ4v) is 3.19. The topological polar surface area (TPSA) is 61.8 Å². The third kappa shape index (κ3) is 6.11. The number of carbonyl (C=O) groups is 2. The van der Waals surface area contributed by atoms with E-state index < -0.39 is 6.29 Å². The van der Waals surface area contributed by atoms with Gasteiger partial charge in [-0.1, -0.05) is 24.3 Å². The number of hydrogen-bond donors (Lipinski definition) is 0. The molecule has 0 radical (unpaired) electrons. The summed E-state index contributed by atoms with van der Waals surface area (Å²) in [5, 5.41) is 0. The third-order valence-electron chi connectivity index (χ3n) is 4.57. The van der Waals surface area contributed by atoms with Crippen LogP contribution in [0.25, 0.3) is 6.08 Å². The second kappa shape index (κ2) is 9.91. The van der Waals surface area contributed by atoms with Crippen molar-refractivity contribution in [2.45, 2.75) is 44.8 Å². The molecule has 1 aliphatic carbocycles. The van der Waals surface area contributed by atoms with Crippen molar-refractivity contribution in [3.63, 3.8) is 0 Å². The molecule has 1 aliphatic rings. The lowest BCUT2D eigenvalue weighted by molar-refractivity contribution is -0.175. The fourth-order valence-electron chi connectivity index (χ4n) is 3.04. The molecule has 0 spiro atoms. The number of halogens is 1. The molecular weight excluding hydrogens is 435 g/mol. The zero-order valence-electron chi connectivity index (χ0n) is 14.4. The van der Waals surface area contributed by atoms with Crippen LogP contribution < -0.4 is 0 Å². The molecule has 0 amide bonds. The number of hydrogen-bond acceptors (Lipinski definition) is 5. The Kier molecular flexibility index (Phi) is 7.90. The highest BCUT2D eigenvalue weighted by Gasteiger charge is 2.28. The average molecular weight is 458 g/mol. The van der Waals surface area contributed by atoms with E-state index in [1.807, 2.05) is 12.1 Å². The Labute approximate surface area is 162 Å². The minimum atomic E-state index is -0.490. The molecule has 136 valence electrons. The first kappa shape index (κ1) is 19.9. The van der Waals surface area contributed by atoms with Gasteiger partial charge in [-0.05, 0) is 55.7 Å². The van der Waals surface area contributed by atoms with E-state index in [9.17, 15) is 9.59 Å². The minimum Gasteiger partial charge on any atom is -0.436 e. The normalized spacial score (nSPS) is 21.7. The summed E-state index contributed by atoms with van der Waals surface area (Å²) in [6.45, 7) is 1.72. The lowest BCUT2D eigenvalue weighted by atomic mass is 9.78.